The molecule has 6 rings (SSSR count). The zero-order valence-corrected chi connectivity index (χ0v) is 29.6. The number of thiophene rings is 2. The van der Waals surface area contributed by atoms with Crippen LogP contribution in [0.2, 0.25) is 9.26 Å². The molecule has 0 N–H and O–H groups in total. The quantitative estimate of drug-likeness (QED) is 0.179. The van der Waals surface area contributed by atoms with Gasteiger partial charge in [-0.15, -0.1) is 24.8 Å². The molecule has 2 aliphatic carbocycles. The molecule has 0 bridgehead atoms. The first-order valence-corrected chi connectivity index (χ1v) is 28.6. The predicted molar refractivity (Wildman–Crippen MR) is 176 cm³/mol. The van der Waals surface area contributed by atoms with Gasteiger partial charge < -0.3 is 0 Å². The number of hydrogen-bond acceptors (Lipinski definition) is 2. The summed E-state index contributed by atoms with van der Waals surface area (Å²) in [6.45, 7) is 7.21. The fourth-order valence-electron chi connectivity index (χ4n) is 7.24. The Balaban J connectivity index is 0.00000168. The van der Waals surface area contributed by atoms with E-state index in [1.54, 1.807) is 22.3 Å². The maximum absolute atomic E-state index is 3.50. The second-order valence-corrected chi connectivity index (χ2v) is 43.9. The standard InChI is InChI=1S/2C15H13S.2CH3.2ClH.H2Si.Zr/c2*1-2-11-9-12-5-3-6-13(14(12)10-11)15-7-4-8-16-15;;;;;;/h2*3-10H,2H2,1H3;2*1H3;2*1H;1H2;. The summed E-state index contributed by atoms with van der Waals surface area (Å²) < 4.78 is 6.70. The average Bonchev–Trinajstić information content (AvgIpc) is 3.67. The van der Waals surface area contributed by atoms with Crippen LogP contribution >= 0.6 is 47.5 Å². The van der Waals surface area contributed by atoms with E-state index in [0.717, 1.165) is 12.8 Å². The van der Waals surface area contributed by atoms with Gasteiger partial charge in [0.1, 0.15) is 0 Å². The maximum Gasteiger partial charge on any atom is -0.147 e. The Hall–Kier alpha value is -1.000. The molecule has 2 heterocycles. The molecule has 198 valence electrons. The Kier molecular flexibility index (Phi) is 8.76. The van der Waals surface area contributed by atoms with E-state index in [0.29, 0.717) is 7.25 Å². The van der Waals surface area contributed by atoms with Crippen LogP contribution in [0, 0.1) is 0 Å². The molecule has 0 radical (unpaired) electrons. The van der Waals surface area contributed by atoms with Crippen molar-refractivity contribution < 1.29 is 17.4 Å². The molecule has 2 atom stereocenters. The van der Waals surface area contributed by atoms with Gasteiger partial charge in [-0.05, 0) is 0 Å². The zero-order valence-electron chi connectivity index (χ0n) is 22.5. The molecule has 4 aromatic rings. The van der Waals surface area contributed by atoms with Crippen molar-refractivity contribution in [2.24, 2.45) is 0 Å². The second kappa shape index (κ2) is 11.1. The van der Waals surface area contributed by atoms with Gasteiger partial charge in [-0.3, -0.25) is 0 Å². The largest absolute Gasteiger partial charge is 0.147 e. The normalized spacial score (nSPS) is 18.1. The third kappa shape index (κ3) is 4.68. The molecule has 2 unspecified atom stereocenters. The number of rotatable bonds is 6. The number of hydrogen-bond donors (Lipinski definition) is 0. The van der Waals surface area contributed by atoms with Crippen molar-refractivity contribution in [1.82, 2.24) is 0 Å². The minimum Gasteiger partial charge on any atom is -0.147 e. The SMILES string of the molecule is CCC1=Cc2c(-c3cccs3)cccc2[CH]1[Zr]([CH3])([CH3])(=[SiH2])[CH]1C(CC)=Cc2c(-c3cccs3)cccc21.Cl.Cl. The molecule has 6 heteroatoms. The van der Waals surface area contributed by atoms with E-state index in [4.69, 9.17) is 0 Å². The third-order valence-electron chi connectivity index (χ3n) is 8.59. The van der Waals surface area contributed by atoms with E-state index >= 15 is 0 Å². The van der Waals surface area contributed by atoms with Crippen LogP contribution in [0.4, 0.5) is 0 Å². The van der Waals surface area contributed by atoms with Crippen molar-refractivity contribution in [3.8, 4) is 20.9 Å². The minimum atomic E-state index is -3.50. The average molecular weight is 675 g/mol. The molecule has 0 amide bonds. The Morgan fingerprint density at radius 2 is 1.08 bits per heavy atom. The fraction of sp³-hybridized carbons (Fsp3) is 0.250. The molecule has 0 spiro atoms. The van der Waals surface area contributed by atoms with Crippen LogP contribution in [0.25, 0.3) is 33.0 Å². The van der Waals surface area contributed by atoms with Gasteiger partial charge >= 0.3 is 228 Å². The Bertz CT molecular complexity index is 1480. The van der Waals surface area contributed by atoms with E-state index in [-0.39, 0.29) is 24.8 Å². The minimum absolute atomic E-state index is 0. The molecule has 2 aromatic carbocycles. The molecular formula is C32H36Cl2S2SiZr. The van der Waals surface area contributed by atoms with Crippen LogP contribution in [-0.4, -0.2) is 6.88 Å². The molecule has 38 heavy (non-hydrogen) atoms. The first kappa shape index (κ1) is 30.0. The number of benzene rings is 2. The van der Waals surface area contributed by atoms with Gasteiger partial charge in [0.05, 0.1) is 0 Å². The Morgan fingerprint density at radius 1 is 0.658 bits per heavy atom. The Labute approximate surface area is 250 Å². The zero-order chi connectivity index (χ0) is 25.1. The number of halogens is 2. The predicted octanol–water partition coefficient (Wildman–Crippen LogP) is 10.7. The van der Waals surface area contributed by atoms with Gasteiger partial charge in [-0.1, -0.05) is 0 Å². The summed E-state index contributed by atoms with van der Waals surface area (Å²) in [7, 11) is 0. The van der Waals surface area contributed by atoms with Gasteiger partial charge in [-0.2, -0.15) is 0 Å². The summed E-state index contributed by atoms with van der Waals surface area (Å²) in [5.74, 6) is 0. The van der Waals surface area contributed by atoms with Crippen LogP contribution in [0.5, 0.6) is 0 Å². The topological polar surface area (TPSA) is 0 Å². The van der Waals surface area contributed by atoms with Gasteiger partial charge in [-0.25, -0.2) is 0 Å². The summed E-state index contributed by atoms with van der Waals surface area (Å²) in [5.41, 5.74) is 12.3. The van der Waals surface area contributed by atoms with Crippen LogP contribution in [0.3, 0.4) is 0 Å². The summed E-state index contributed by atoms with van der Waals surface area (Å²) in [6.07, 6.45) is 7.42. The molecule has 2 aromatic heterocycles. The van der Waals surface area contributed by atoms with Crippen LogP contribution in [0.15, 0.2) is 82.6 Å². The van der Waals surface area contributed by atoms with Crippen molar-refractivity contribution in [3.63, 3.8) is 0 Å². The van der Waals surface area contributed by atoms with Gasteiger partial charge in [0.15, 0.2) is 0 Å². The van der Waals surface area contributed by atoms with Crippen molar-refractivity contribution in [3.05, 3.63) is 105 Å². The Morgan fingerprint density at radius 3 is 1.42 bits per heavy atom. The number of fused-ring (bicyclic) bond motifs is 2. The van der Waals surface area contributed by atoms with E-state index in [1.807, 2.05) is 22.7 Å². The van der Waals surface area contributed by atoms with Gasteiger partial charge in [0.2, 0.25) is 0 Å². The molecule has 0 saturated heterocycles. The second-order valence-electron chi connectivity index (χ2n) is 11.5. The summed E-state index contributed by atoms with van der Waals surface area (Å²) in [6, 6.07) is 23.1. The van der Waals surface area contributed by atoms with Crippen LogP contribution in [-0.2, 0) is 17.4 Å². The number of allylic oxidation sites excluding steroid dienone is 2. The first-order valence-electron chi connectivity index (χ1n) is 13.1. The van der Waals surface area contributed by atoms with Crippen molar-refractivity contribution in [2.45, 2.75) is 43.2 Å². The van der Waals surface area contributed by atoms with Crippen molar-refractivity contribution in [2.75, 3.05) is 0 Å². The van der Waals surface area contributed by atoms with E-state index in [2.05, 4.69) is 114 Å². The van der Waals surface area contributed by atoms with E-state index in [1.165, 1.54) is 32.0 Å². The van der Waals surface area contributed by atoms with Crippen LogP contribution < -0.4 is 0 Å². The van der Waals surface area contributed by atoms with E-state index < -0.39 is 17.4 Å². The maximum atomic E-state index is 2.77. The third-order valence-corrected chi connectivity index (χ3v) is 27.9. The van der Waals surface area contributed by atoms with Crippen molar-refractivity contribution >= 4 is 66.5 Å². The molecule has 0 fully saturated rings. The van der Waals surface area contributed by atoms with Crippen molar-refractivity contribution in [1.29, 1.82) is 0 Å². The summed E-state index contributed by atoms with van der Waals surface area (Å²) >= 11 is 0.217. The molecular weight excluding hydrogens is 639 g/mol. The molecule has 0 aliphatic heterocycles. The van der Waals surface area contributed by atoms with Crippen LogP contribution in [0.1, 0.15) is 56.2 Å². The summed E-state index contributed by atoms with van der Waals surface area (Å²) in [5, 5.41) is 4.41. The first-order chi connectivity index (χ1) is 17.3. The summed E-state index contributed by atoms with van der Waals surface area (Å²) in [4.78, 5) is 2.78. The van der Waals surface area contributed by atoms with E-state index in [9.17, 15) is 0 Å². The fourth-order valence-corrected chi connectivity index (χ4v) is 29.0. The monoisotopic (exact) mass is 672 g/mol. The molecule has 2 aliphatic rings. The molecule has 0 saturated carbocycles. The smallest absolute Gasteiger partial charge is 0.147 e. The molecule has 0 nitrogen and oxygen atoms in total. The van der Waals surface area contributed by atoms with Gasteiger partial charge in [0.25, 0.3) is 0 Å². The van der Waals surface area contributed by atoms with Gasteiger partial charge in [0, 0.05) is 0 Å².